The van der Waals surface area contributed by atoms with Gasteiger partial charge in [0.25, 0.3) is 0 Å². The predicted molar refractivity (Wildman–Crippen MR) is 129 cm³/mol. The third-order valence-corrected chi connectivity index (χ3v) is 7.13. The summed E-state index contributed by atoms with van der Waals surface area (Å²) >= 11 is 0. The van der Waals surface area contributed by atoms with Gasteiger partial charge in [0.05, 0.1) is 30.0 Å². The summed E-state index contributed by atoms with van der Waals surface area (Å²) < 4.78 is 28.4. The second kappa shape index (κ2) is 10.00. The number of nitrogens with zero attached hydrogens (tertiary/aromatic N) is 4. The van der Waals surface area contributed by atoms with Gasteiger partial charge in [-0.1, -0.05) is 72.3 Å². The van der Waals surface area contributed by atoms with Crippen molar-refractivity contribution in [1.82, 2.24) is 14.8 Å². The Bertz CT molecular complexity index is 1410. The topological polar surface area (TPSA) is 115 Å². The highest BCUT2D eigenvalue weighted by Gasteiger charge is 2.27. The lowest BCUT2D eigenvalue weighted by atomic mass is 10.1. The number of benzene rings is 3. The fraction of sp³-hybridized carbons (Fsp3) is 0.192. The molecule has 2 N–H and O–H groups in total. The van der Waals surface area contributed by atoms with Gasteiger partial charge in [0.1, 0.15) is 0 Å². The molecular formula is C26H25N5O2S. The maximum absolute atomic E-state index is 13.4. The van der Waals surface area contributed by atoms with E-state index >= 15 is 0 Å². The Balaban J connectivity index is 1.70. The molecule has 0 amide bonds. The average Bonchev–Trinajstić information content (AvgIpc) is 3.26. The molecule has 0 radical (unpaired) electrons. The number of aryl methyl sites for hydroxylation is 1. The first-order chi connectivity index (χ1) is 16.4. The van der Waals surface area contributed by atoms with Gasteiger partial charge in [-0.25, -0.2) is 8.42 Å². The summed E-state index contributed by atoms with van der Waals surface area (Å²) in [5.74, 6) is 0.168. The molecule has 3 aromatic carbocycles. The number of aromatic nitrogens is 3. The molecule has 0 spiro atoms. The Hall–Kier alpha value is -3.80. The summed E-state index contributed by atoms with van der Waals surface area (Å²) in [6.45, 7) is 2.28. The van der Waals surface area contributed by atoms with Crippen molar-refractivity contribution in [3.05, 3.63) is 113 Å². The summed E-state index contributed by atoms with van der Waals surface area (Å²) in [5.41, 5.74) is 10.6. The lowest BCUT2D eigenvalue weighted by molar-refractivity contribution is 0.553. The van der Waals surface area contributed by atoms with Crippen molar-refractivity contribution in [3.63, 3.8) is 0 Å². The molecule has 0 aliphatic heterocycles. The third kappa shape index (κ3) is 5.39. The Morgan fingerprint density at radius 1 is 0.912 bits per heavy atom. The molecular weight excluding hydrogens is 446 g/mol. The van der Waals surface area contributed by atoms with Crippen LogP contribution in [-0.2, 0) is 28.6 Å². The van der Waals surface area contributed by atoms with Crippen molar-refractivity contribution < 1.29 is 8.42 Å². The first kappa shape index (κ1) is 23.4. The van der Waals surface area contributed by atoms with Crippen LogP contribution in [0.3, 0.4) is 0 Å². The molecule has 172 valence electrons. The Morgan fingerprint density at radius 2 is 1.56 bits per heavy atom. The summed E-state index contributed by atoms with van der Waals surface area (Å²) in [5, 5.41) is 17.2. The van der Waals surface area contributed by atoms with Gasteiger partial charge in [0.2, 0.25) is 15.0 Å². The van der Waals surface area contributed by atoms with Gasteiger partial charge in [-0.15, -0.1) is 10.2 Å². The van der Waals surface area contributed by atoms with Crippen LogP contribution in [0.4, 0.5) is 0 Å². The van der Waals surface area contributed by atoms with Crippen LogP contribution in [0.15, 0.2) is 84.0 Å². The summed E-state index contributed by atoms with van der Waals surface area (Å²) in [7, 11) is -3.83. The van der Waals surface area contributed by atoms with Gasteiger partial charge in [0.15, 0.2) is 5.82 Å². The van der Waals surface area contributed by atoms with Crippen LogP contribution in [0.1, 0.15) is 39.7 Å². The van der Waals surface area contributed by atoms with E-state index < -0.39 is 15.9 Å². The number of nitriles is 1. The zero-order chi connectivity index (χ0) is 24.1. The van der Waals surface area contributed by atoms with Gasteiger partial charge >= 0.3 is 0 Å². The van der Waals surface area contributed by atoms with Crippen LogP contribution >= 0.6 is 0 Å². The summed E-state index contributed by atoms with van der Waals surface area (Å²) in [6, 6.07) is 25.6. The fourth-order valence-corrected chi connectivity index (χ4v) is 5.17. The highest BCUT2D eigenvalue weighted by atomic mass is 32.2. The molecule has 1 heterocycles. The van der Waals surface area contributed by atoms with E-state index in [2.05, 4.69) is 10.2 Å². The number of sulfone groups is 1. The van der Waals surface area contributed by atoms with E-state index in [-0.39, 0.29) is 17.5 Å². The Kier molecular flexibility index (Phi) is 6.87. The maximum Gasteiger partial charge on any atom is 0.250 e. The van der Waals surface area contributed by atoms with E-state index in [1.807, 2.05) is 67.6 Å². The minimum Gasteiger partial charge on any atom is -0.321 e. The molecule has 7 nitrogen and oxygen atoms in total. The normalized spacial score (nSPS) is 12.3. The van der Waals surface area contributed by atoms with Gasteiger partial charge in [0, 0.05) is 0 Å². The summed E-state index contributed by atoms with van der Waals surface area (Å²) in [4.78, 5) is 0. The van der Waals surface area contributed by atoms with Crippen LogP contribution < -0.4 is 5.73 Å². The predicted octanol–water partition coefficient (Wildman–Crippen LogP) is 3.72. The largest absolute Gasteiger partial charge is 0.321 e. The molecule has 8 heteroatoms. The Labute approximate surface area is 199 Å². The maximum atomic E-state index is 13.4. The van der Waals surface area contributed by atoms with E-state index in [0.29, 0.717) is 23.4 Å². The van der Waals surface area contributed by atoms with Crippen LogP contribution in [0.25, 0.3) is 0 Å². The van der Waals surface area contributed by atoms with Gasteiger partial charge in [-0.3, -0.25) is 4.57 Å². The lowest BCUT2D eigenvalue weighted by Crippen LogP contribution is -2.22. The van der Waals surface area contributed by atoms with Crippen LogP contribution in [0, 0.1) is 18.3 Å². The molecule has 34 heavy (non-hydrogen) atoms. The SMILES string of the molecule is Cc1ccc(Cn2c([C@@H](N)Cc3ccccc3)nnc2S(=O)(=O)Cc2ccc(C#N)cc2)cc1. The molecule has 0 aliphatic carbocycles. The van der Waals surface area contributed by atoms with Crippen molar-refractivity contribution in [2.75, 3.05) is 0 Å². The fourth-order valence-electron chi connectivity index (χ4n) is 3.75. The molecule has 4 aromatic rings. The quantitative estimate of drug-likeness (QED) is 0.419. The van der Waals surface area contributed by atoms with E-state index in [1.54, 1.807) is 28.8 Å². The molecule has 0 unspecified atom stereocenters. The molecule has 0 fully saturated rings. The smallest absolute Gasteiger partial charge is 0.250 e. The van der Waals surface area contributed by atoms with Gasteiger partial charge in [-0.2, -0.15) is 5.26 Å². The molecule has 1 atom stereocenters. The van der Waals surface area contributed by atoms with E-state index in [0.717, 1.165) is 16.7 Å². The van der Waals surface area contributed by atoms with E-state index in [1.165, 1.54) is 0 Å². The van der Waals surface area contributed by atoms with Crippen molar-refractivity contribution in [1.29, 1.82) is 5.26 Å². The second-order valence-corrected chi connectivity index (χ2v) is 10.2. The van der Waals surface area contributed by atoms with Crippen LogP contribution in [-0.4, -0.2) is 23.2 Å². The molecule has 0 saturated heterocycles. The van der Waals surface area contributed by atoms with Crippen molar-refractivity contribution in [2.45, 2.75) is 36.8 Å². The molecule has 1 aromatic heterocycles. The van der Waals surface area contributed by atoms with E-state index in [4.69, 9.17) is 11.0 Å². The van der Waals surface area contributed by atoms with Crippen molar-refractivity contribution in [2.24, 2.45) is 5.73 Å². The zero-order valence-corrected chi connectivity index (χ0v) is 19.6. The number of rotatable bonds is 8. The van der Waals surface area contributed by atoms with Crippen LogP contribution in [0.5, 0.6) is 0 Å². The minimum absolute atomic E-state index is 0.115. The highest BCUT2D eigenvalue weighted by Crippen LogP contribution is 2.22. The lowest BCUT2D eigenvalue weighted by Gasteiger charge is -2.16. The average molecular weight is 472 g/mol. The first-order valence-electron chi connectivity index (χ1n) is 10.9. The van der Waals surface area contributed by atoms with Crippen LogP contribution in [0.2, 0.25) is 0 Å². The van der Waals surface area contributed by atoms with Gasteiger partial charge in [-0.05, 0) is 42.2 Å². The van der Waals surface area contributed by atoms with Gasteiger partial charge < -0.3 is 5.73 Å². The second-order valence-electron chi connectivity index (χ2n) is 8.28. The number of hydrogen-bond donors (Lipinski definition) is 1. The van der Waals surface area contributed by atoms with Crippen molar-refractivity contribution >= 4 is 9.84 Å². The third-order valence-electron chi connectivity index (χ3n) is 5.55. The summed E-state index contributed by atoms with van der Waals surface area (Å²) in [6.07, 6.45) is 0.503. The molecule has 0 aliphatic rings. The first-order valence-corrected chi connectivity index (χ1v) is 12.5. The highest BCUT2D eigenvalue weighted by molar-refractivity contribution is 7.90. The number of hydrogen-bond acceptors (Lipinski definition) is 6. The standard InChI is InChI=1S/C26H25N5O2S/c1-19-7-9-22(10-8-19)17-31-25(24(28)15-20-5-3-2-4-6-20)29-30-26(31)34(32,33)18-23-13-11-21(16-27)12-14-23/h2-14,24H,15,17-18,28H2,1H3/t24-/m0/s1. The molecule has 4 rings (SSSR count). The number of nitrogens with two attached hydrogens (primary N) is 1. The van der Waals surface area contributed by atoms with Crippen molar-refractivity contribution in [3.8, 4) is 6.07 Å². The minimum atomic E-state index is -3.83. The Morgan fingerprint density at radius 3 is 2.21 bits per heavy atom. The molecule has 0 bridgehead atoms. The zero-order valence-electron chi connectivity index (χ0n) is 18.8. The monoisotopic (exact) mass is 471 g/mol. The van der Waals surface area contributed by atoms with E-state index in [9.17, 15) is 8.42 Å². The molecule has 0 saturated carbocycles.